The summed E-state index contributed by atoms with van der Waals surface area (Å²) >= 11 is 6.46. The van der Waals surface area contributed by atoms with Crippen LogP contribution in [0.3, 0.4) is 0 Å². The highest BCUT2D eigenvalue weighted by Crippen LogP contribution is 2.39. The van der Waals surface area contributed by atoms with Gasteiger partial charge in [-0.25, -0.2) is 15.0 Å². The maximum atomic E-state index is 6.46. The SMILES string of the molecule is Cn1ccc(-c2nc(N)c(C3CCCCC3)nc2-c2cc(Cl)c3ncoc3c2)n1. The fraction of sp³-hybridized carbons (Fsp3) is 0.333. The lowest BCUT2D eigenvalue weighted by molar-refractivity contribution is 0.437. The molecule has 0 amide bonds. The van der Waals surface area contributed by atoms with E-state index in [2.05, 4.69) is 10.1 Å². The Morgan fingerprint density at radius 3 is 2.72 bits per heavy atom. The van der Waals surface area contributed by atoms with Crippen LogP contribution in [-0.2, 0) is 7.05 Å². The maximum absolute atomic E-state index is 6.46. The van der Waals surface area contributed by atoms with Gasteiger partial charge in [-0.05, 0) is 31.0 Å². The van der Waals surface area contributed by atoms with Crippen LogP contribution in [0.15, 0.2) is 35.2 Å². The first-order valence-electron chi connectivity index (χ1n) is 9.80. The summed E-state index contributed by atoms with van der Waals surface area (Å²) in [5, 5.41) is 5.03. The van der Waals surface area contributed by atoms with Crippen LogP contribution in [0.5, 0.6) is 0 Å². The molecule has 0 spiro atoms. The van der Waals surface area contributed by atoms with E-state index in [1.165, 1.54) is 25.7 Å². The number of oxazole rings is 1. The fourth-order valence-electron chi connectivity index (χ4n) is 4.12. The zero-order chi connectivity index (χ0) is 20.0. The van der Waals surface area contributed by atoms with Crippen molar-refractivity contribution >= 4 is 28.5 Å². The highest BCUT2D eigenvalue weighted by atomic mass is 35.5. The number of halogens is 1. The van der Waals surface area contributed by atoms with Crippen molar-refractivity contribution in [1.29, 1.82) is 0 Å². The number of aryl methyl sites for hydroxylation is 1. The average Bonchev–Trinajstić information content (AvgIpc) is 3.37. The zero-order valence-electron chi connectivity index (χ0n) is 16.1. The van der Waals surface area contributed by atoms with Crippen molar-refractivity contribution in [2.45, 2.75) is 38.0 Å². The van der Waals surface area contributed by atoms with E-state index in [0.29, 0.717) is 44.9 Å². The number of rotatable bonds is 3. The summed E-state index contributed by atoms with van der Waals surface area (Å²) in [4.78, 5) is 14.0. The van der Waals surface area contributed by atoms with Gasteiger partial charge < -0.3 is 10.2 Å². The number of anilines is 1. The molecule has 3 heterocycles. The van der Waals surface area contributed by atoms with Crippen LogP contribution < -0.4 is 5.73 Å². The minimum Gasteiger partial charge on any atom is -0.443 e. The molecule has 1 aliphatic rings. The molecule has 0 radical (unpaired) electrons. The Morgan fingerprint density at radius 1 is 1.14 bits per heavy atom. The standard InChI is InChI=1S/C21H21ClN6O/c1-28-8-7-15(27-28)20-17(13-9-14(22)19-16(10-13)29-11-24-19)25-18(21(23)26-20)12-5-3-2-4-6-12/h7-12H,2-6H2,1H3,(H2,23,26). The van der Waals surface area contributed by atoms with E-state index in [-0.39, 0.29) is 0 Å². The molecule has 1 aliphatic carbocycles. The van der Waals surface area contributed by atoms with Gasteiger partial charge >= 0.3 is 0 Å². The van der Waals surface area contributed by atoms with E-state index in [0.717, 1.165) is 24.1 Å². The summed E-state index contributed by atoms with van der Waals surface area (Å²) in [7, 11) is 1.87. The lowest BCUT2D eigenvalue weighted by Gasteiger charge is -2.23. The first-order chi connectivity index (χ1) is 14.1. The molecule has 0 atom stereocenters. The van der Waals surface area contributed by atoms with E-state index < -0.39 is 0 Å². The van der Waals surface area contributed by atoms with E-state index >= 15 is 0 Å². The van der Waals surface area contributed by atoms with Crippen LogP contribution in [0.4, 0.5) is 5.82 Å². The van der Waals surface area contributed by atoms with Crippen molar-refractivity contribution in [1.82, 2.24) is 24.7 Å². The molecule has 3 aromatic heterocycles. The summed E-state index contributed by atoms with van der Waals surface area (Å²) in [6.45, 7) is 0. The number of aromatic nitrogens is 5. The van der Waals surface area contributed by atoms with Crippen molar-refractivity contribution in [2.75, 3.05) is 5.73 Å². The van der Waals surface area contributed by atoms with Gasteiger partial charge in [0.05, 0.1) is 16.4 Å². The van der Waals surface area contributed by atoms with Gasteiger partial charge in [0.1, 0.15) is 22.7 Å². The highest BCUT2D eigenvalue weighted by Gasteiger charge is 2.24. The first-order valence-corrected chi connectivity index (χ1v) is 10.2. The molecule has 29 heavy (non-hydrogen) atoms. The Hall–Kier alpha value is -2.93. The number of benzene rings is 1. The largest absolute Gasteiger partial charge is 0.443 e. The lowest BCUT2D eigenvalue weighted by Crippen LogP contribution is -2.12. The summed E-state index contributed by atoms with van der Waals surface area (Å²) < 4.78 is 7.23. The van der Waals surface area contributed by atoms with E-state index in [9.17, 15) is 0 Å². The second-order valence-corrected chi connectivity index (χ2v) is 7.97. The van der Waals surface area contributed by atoms with Crippen LogP contribution >= 0.6 is 11.6 Å². The molecule has 4 aromatic rings. The second kappa shape index (κ2) is 7.15. The normalized spacial score (nSPS) is 15.2. The van der Waals surface area contributed by atoms with Crippen LogP contribution in [0, 0.1) is 0 Å². The molecule has 0 unspecified atom stereocenters. The van der Waals surface area contributed by atoms with Crippen molar-refractivity contribution in [2.24, 2.45) is 7.05 Å². The zero-order valence-corrected chi connectivity index (χ0v) is 16.9. The molecule has 1 aromatic carbocycles. The van der Waals surface area contributed by atoms with Crippen molar-refractivity contribution in [3.05, 3.63) is 41.5 Å². The third kappa shape index (κ3) is 3.25. The van der Waals surface area contributed by atoms with Crippen molar-refractivity contribution in [3.8, 4) is 22.6 Å². The van der Waals surface area contributed by atoms with E-state index in [1.54, 1.807) is 4.68 Å². The number of nitrogens with two attached hydrogens (primary N) is 1. The van der Waals surface area contributed by atoms with Gasteiger partial charge in [-0.3, -0.25) is 4.68 Å². The minimum atomic E-state index is 0.331. The predicted molar refractivity (Wildman–Crippen MR) is 112 cm³/mol. The molecule has 5 rings (SSSR count). The van der Waals surface area contributed by atoms with Gasteiger partial charge in [0, 0.05) is 24.7 Å². The molecule has 0 bridgehead atoms. The van der Waals surface area contributed by atoms with Gasteiger partial charge in [0.2, 0.25) is 0 Å². The third-order valence-corrected chi connectivity index (χ3v) is 5.85. The van der Waals surface area contributed by atoms with E-state index in [1.807, 2.05) is 31.4 Å². The molecular weight excluding hydrogens is 388 g/mol. The topological polar surface area (TPSA) is 95.7 Å². The van der Waals surface area contributed by atoms with Gasteiger partial charge in [-0.2, -0.15) is 5.10 Å². The Morgan fingerprint density at radius 2 is 1.97 bits per heavy atom. The molecule has 0 saturated heterocycles. The molecule has 0 aliphatic heterocycles. The highest BCUT2D eigenvalue weighted by molar-refractivity contribution is 6.35. The van der Waals surface area contributed by atoms with E-state index in [4.69, 9.17) is 31.7 Å². The molecule has 7 nitrogen and oxygen atoms in total. The van der Waals surface area contributed by atoms with Gasteiger partial charge in [-0.1, -0.05) is 30.9 Å². The minimum absolute atomic E-state index is 0.331. The summed E-state index contributed by atoms with van der Waals surface area (Å²) in [6, 6.07) is 5.65. The monoisotopic (exact) mass is 408 g/mol. The van der Waals surface area contributed by atoms with Crippen molar-refractivity contribution < 1.29 is 4.42 Å². The molecule has 2 N–H and O–H groups in total. The van der Waals surface area contributed by atoms with Gasteiger partial charge in [-0.15, -0.1) is 0 Å². The Kier molecular flexibility index (Phi) is 4.47. The number of hydrogen-bond acceptors (Lipinski definition) is 6. The Balaban J connectivity index is 1.73. The number of fused-ring (bicyclic) bond motifs is 1. The number of hydrogen-bond donors (Lipinski definition) is 1. The predicted octanol–water partition coefficient (Wildman–Crippen LogP) is 4.97. The molecule has 1 fully saturated rings. The summed E-state index contributed by atoms with van der Waals surface area (Å²) in [5.41, 5.74) is 11.4. The van der Waals surface area contributed by atoms with Crippen LogP contribution in [0.1, 0.15) is 43.7 Å². The quantitative estimate of drug-likeness (QED) is 0.514. The Labute approximate surface area is 172 Å². The maximum Gasteiger partial charge on any atom is 0.182 e. The molecule has 148 valence electrons. The van der Waals surface area contributed by atoms with Gasteiger partial charge in [0.25, 0.3) is 0 Å². The summed E-state index contributed by atoms with van der Waals surface area (Å²) in [6.07, 6.45) is 9.09. The second-order valence-electron chi connectivity index (χ2n) is 7.56. The smallest absolute Gasteiger partial charge is 0.182 e. The van der Waals surface area contributed by atoms with Crippen LogP contribution in [0.2, 0.25) is 5.02 Å². The lowest BCUT2D eigenvalue weighted by atomic mass is 9.86. The number of nitrogen functional groups attached to an aromatic ring is 1. The molecule has 8 heteroatoms. The molecular formula is C21H21ClN6O. The van der Waals surface area contributed by atoms with Crippen molar-refractivity contribution in [3.63, 3.8) is 0 Å². The Bertz CT molecular complexity index is 1190. The van der Waals surface area contributed by atoms with Crippen LogP contribution in [0.25, 0.3) is 33.7 Å². The number of nitrogens with zero attached hydrogens (tertiary/aromatic N) is 5. The molecule has 1 saturated carbocycles. The first kappa shape index (κ1) is 18.1. The summed E-state index contributed by atoms with van der Waals surface area (Å²) in [5.74, 6) is 0.811. The fourth-order valence-corrected chi connectivity index (χ4v) is 4.38. The van der Waals surface area contributed by atoms with Gasteiger partial charge in [0.15, 0.2) is 12.0 Å². The third-order valence-electron chi connectivity index (χ3n) is 5.56. The van der Waals surface area contributed by atoms with Crippen LogP contribution in [-0.4, -0.2) is 24.7 Å². The average molecular weight is 409 g/mol.